The zero-order chi connectivity index (χ0) is 25.5. The molecular weight excluding hydrogens is 475 g/mol. The molecule has 0 N–H and O–H groups in total. The highest BCUT2D eigenvalue weighted by molar-refractivity contribution is 6.99. The minimum Gasteiger partial charge on any atom is -0.458 e. The maximum absolute atomic E-state index is 6.71. The summed E-state index contributed by atoms with van der Waals surface area (Å²) in [7, 11) is 0. The Morgan fingerprint density at radius 3 is 1.79 bits per heavy atom. The number of fused-ring (bicyclic) bond motifs is 13. The Balaban J connectivity index is 1.50. The maximum Gasteiger partial charge on any atom is 0.257 e. The summed E-state index contributed by atoms with van der Waals surface area (Å²) in [5.41, 5.74) is 12.7. The van der Waals surface area contributed by atoms with Crippen LogP contribution >= 0.6 is 0 Å². The Kier molecular flexibility index (Phi) is 4.17. The Morgan fingerprint density at radius 2 is 1.00 bits per heavy atom. The minimum absolute atomic E-state index is 0.0698. The lowest BCUT2D eigenvalue weighted by Crippen LogP contribution is -2.56. The van der Waals surface area contributed by atoms with Crippen LogP contribution in [0.2, 0.25) is 0 Å². The number of ether oxygens (including phenoxy) is 1. The standard InChI is InChI=1S/C36H21BO2/c1-3-12-24-22(10-1)23-11-2-4-13-25(23)28-16-9-19-32-34(28)37(30-17-7-5-14-26(24)30)35-33(38-32)21-20-29-27-15-6-8-18-31(27)39-36(29)35/h1-21H. The summed E-state index contributed by atoms with van der Waals surface area (Å²) >= 11 is 0. The van der Waals surface area contributed by atoms with Crippen molar-refractivity contribution in [1.29, 1.82) is 0 Å². The maximum atomic E-state index is 6.71. The van der Waals surface area contributed by atoms with Gasteiger partial charge >= 0.3 is 0 Å². The number of hydrogen-bond donors (Lipinski definition) is 0. The van der Waals surface area contributed by atoms with Crippen molar-refractivity contribution in [2.24, 2.45) is 0 Å². The average Bonchev–Trinajstić information content (AvgIpc) is 3.39. The van der Waals surface area contributed by atoms with Gasteiger partial charge in [-0.2, -0.15) is 0 Å². The van der Waals surface area contributed by atoms with Crippen molar-refractivity contribution in [2.75, 3.05) is 0 Å². The van der Waals surface area contributed by atoms with Gasteiger partial charge in [-0.05, 0) is 63.1 Å². The van der Waals surface area contributed by atoms with E-state index in [4.69, 9.17) is 9.15 Å². The van der Waals surface area contributed by atoms with Gasteiger partial charge in [0.1, 0.15) is 22.7 Å². The van der Waals surface area contributed by atoms with E-state index in [1.165, 1.54) is 44.3 Å². The molecule has 2 aliphatic rings. The fourth-order valence-electron chi connectivity index (χ4n) is 6.79. The highest BCUT2D eigenvalue weighted by Crippen LogP contribution is 2.42. The minimum atomic E-state index is -0.0698. The fraction of sp³-hybridized carbons (Fsp3) is 0. The predicted molar refractivity (Wildman–Crippen MR) is 161 cm³/mol. The molecule has 7 aromatic rings. The highest BCUT2D eigenvalue weighted by Gasteiger charge is 2.39. The second kappa shape index (κ2) is 7.75. The molecule has 2 aliphatic heterocycles. The van der Waals surface area contributed by atoms with Gasteiger partial charge in [0.25, 0.3) is 6.71 Å². The Bertz CT molecular complexity index is 2120. The number of furan rings is 1. The van der Waals surface area contributed by atoms with Gasteiger partial charge in [-0.15, -0.1) is 0 Å². The second-order valence-electron chi connectivity index (χ2n) is 10.4. The van der Waals surface area contributed by atoms with E-state index < -0.39 is 0 Å². The number of benzene rings is 6. The van der Waals surface area contributed by atoms with Crippen molar-refractivity contribution in [3.63, 3.8) is 0 Å². The smallest absolute Gasteiger partial charge is 0.257 e. The van der Waals surface area contributed by atoms with Gasteiger partial charge in [0.05, 0.1) is 0 Å². The van der Waals surface area contributed by atoms with E-state index in [0.717, 1.165) is 38.9 Å². The van der Waals surface area contributed by atoms with Crippen LogP contribution in [0.4, 0.5) is 0 Å². The monoisotopic (exact) mass is 496 g/mol. The van der Waals surface area contributed by atoms with Crippen LogP contribution in [-0.4, -0.2) is 6.71 Å². The fourth-order valence-corrected chi connectivity index (χ4v) is 6.79. The Morgan fingerprint density at radius 1 is 0.410 bits per heavy atom. The highest BCUT2D eigenvalue weighted by atomic mass is 16.5. The normalized spacial score (nSPS) is 12.8. The van der Waals surface area contributed by atoms with Crippen LogP contribution in [0.1, 0.15) is 0 Å². The van der Waals surface area contributed by atoms with Gasteiger partial charge in [-0.1, -0.05) is 109 Å². The summed E-state index contributed by atoms with van der Waals surface area (Å²) in [6.07, 6.45) is 0. The first-order valence-electron chi connectivity index (χ1n) is 13.4. The molecular formula is C36H21BO2. The zero-order valence-corrected chi connectivity index (χ0v) is 21.0. The number of para-hydroxylation sites is 1. The van der Waals surface area contributed by atoms with Crippen LogP contribution in [0.5, 0.6) is 11.5 Å². The van der Waals surface area contributed by atoms with Crippen LogP contribution in [0, 0.1) is 0 Å². The molecule has 3 heterocycles. The molecule has 0 aliphatic carbocycles. The summed E-state index contributed by atoms with van der Waals surface area (Å²) in [5, 5.41) is 2.24. The zero-order valence-electron chi connectivity index (χ0n) is 21.0. The molecule has 6 aromatic carbocycles. The van der Waals surface area contributed by atoms with Crippen molar-refractivity contribution in [3.8, 4) is 44.9 Å². The van der Waals surface area contributed by atoms with Gasteiger partial charge in [0.2, 0.25) is 0 Å². The Hall–Kier alpha value is -5.02. The van der Waals surface area contributed by atoms with Crippen LogP contribution < -0.4 is 21.1 Å². The molecule has 0 spiro atoms. The molecule has 0 saturated carbocycles. The van der Waals surface area contributed by atoms with Crippen molar-refractivity contribution in [1.82, 2.24) is 0 Å². The van der Waals surface area contributed by atoms with Gasteiger partial charge in [0, 0.05) is 16.2 Å². The van der Waals surface area contributed by atoms with Gasteiger partial charge in [-0.25, -0.2) is 0 Å². The third-order valence-electron chi connectivity index (χ3n) is 8.41. The van der Waals surface area contributed by atoms with Crippen LogP contribution in [0.15, 0.2) is 132 Å². The average molecular weight is 496 g/mol. The lowest BCUT2D eigenvalue weighted by molar-refractivity contribution is 0.487. The van der Waals surface area contributed by atoms with Gasteiger partial charge in [0.15, 0.2) is 0 Å². The summed E-state index contributed by atoms with van der Waals surface area (Å²) in [6.45, 7) is -0.0698. The molecule has 39 heavy (non-hydrogen) atoms. The first-order valence-corrected chi connectivity index (χ1v) is 13.4. The van der Waals surface area contributed by atoms with Crippen LogP contribution in [0.25, 0.3) is 55.3 Å². The largest absolute Gasteiger partial charge is 0.458 e. The molecule has 0 unspecified atom stereocenters. The van der Waals surface area contributed by atoms with Crippen LogP contribution in [0.3, 0.4) is 0 Å². The summed E-state index contributed by atoms with van der Waals surface area (Å²) < 4.78 is 13.4. The van der Waals surface area contributed by atoms with Gasteiger partial charge in [-0.3, -0.25) is 0 Å². The molecule has 180 valence electrons. The predicted octanol–water partition coefficient (Wildman–Crippen LogP) is 7.52. The van der Waals surface area contributed by atoms with E-state index in [1.54, 1.807) is 0 Å². The van der Waals surface area contributed by atoms with Gasteiger partial charge < -0.3 is 9.15 Å². The van der Waals surface area contributed by atoms with Crippen molar-refractivity contribution >= 4 is 45.0 Å². The first-order chi connectivity index (χ1) is 19.4. The lowest BCUT2D eigenvalue weighted by Gasteiger charge is -2.29. The topological polar surface area (TPSA) is 22.4 Å². The van der Waals surface area contributed by atoms with E-state index in [-0.39, 0.29) is 6.71 Å². The quantitative estimate of drug-likeness (QED) is 0.203. The first kappa shape index (κ1) is 21.0. The third kappa shape index (κ3) is 2.82. The lowest BCUT2D eigenvalue weighted by atomic mass is 9.34. The van der Waals surface area contributed by atoms with E-state index in [1.807, 2.05) is 12.1 Å². The Labute approximate surface area is 226 Å². The second-order valence-corrected chi connectivity index (χ2v) is 10.4. The molecule has 9 rings (SSSR count). The number of rotatable bonds is 0. The molecule has 0 radical (unpaired) electrons. The molecule has 3 heteroatoms. The summed E-state index contributed by atoms with van der Waals surface area (Å²) in [5.74, 6) is 1.75. The summed E-state index contributed by atoms with van der Waals surface area (Å²) in [6, 6.07) is 45.4. The van der Waals surface area contributed by atoms with Crippen molar-refractivity contribution < 1.29 is 9.15 Å². The summed E-state index contributed by atoms with van der Waals surface area (Å²) in [4.78, 5) is 0. The van der Waals surface area contributed by atoms with E-state index in [0.29, 0.717) is 0 Å². The SMILES string of the molecule is c1ccc2c(c1)B1c3c(cccc3-c3ccccc3-c3ccccc3-2)Oc2ccc3c(oc4ccccc43)c21. The molecule has 0 bridgehead atoms. The molecule has 0 saturated heterocycles. The van der Waals surface area contributed by atoms with E-state index >= 15 is 0 Å². The van der Waals surface area contributed by atoms with E-state index in [9.17, 15) is 0 Å². The molecule has 2 nitrogen and oxygen atoms in total. The van der Waals surface area contributed by atoms with Crippen molar-refractivity contribution in [2.45, 2.75) is 0 Å². The molecule has 0 atom stereocenters. The molecule has 0 fully saturated rings. The molecule has 1 aromatic heterocycles. The van der Waals surface area contributed by atoms with Crippen LogP contribution in [-0.2, 0) is 0 Å². The molecule has 0 amide bonds. The third-order valence-corrected chi connectivity index (χ3v) is 8.41. The van der Waals surface area contributed by atoms with Crippen molar-refractivity contribution in [3.05, 3.63) is 127 Å². The van der Waals surface area contributed by atoms with E-state index in [2.05, 4.69) is 115 Å². The number of hydrogen-bond acceptors (Lipinski definition) is 2.